The van der Waals surface area contributed by atoms with Crippen molar-refractivity contribution in [2.45, 2.75) is 12.0 Å². The van der Waals surface area contributed by atoms with Crippen LogP contribution in [0.2, 0.25) is 0 Å². The highest BCUT2D eigenvalue weighted by atomic mass is 16.6. The average Bonchev–Trinajstić information content (AvgIpc) is 2.55. The zero-order chi connectivity index (χ0) is 14.7. The van der Waals surface area contributed by atoms with E-state index in [1.807, 2.05) is 36.4 Å². The van der Waals surface area contributed by atoms with Crippen LogP contribution in [-0.2, 0) is 15.1 Å². The molecular weight excluding hydrogens is 264 g/mol. The molecule has 0 unspecified atom stereocenters. The third-order valence-corrected chi connectivity index (χ3v) is 3.58. The summed E-state index contributed by atoms with van der Waals surface area (Å²) in [6, 6.07) is 18.1. The fourth-order valence-electron chi connectivity index (χ4n) is 2.55. The molecule has 0 fully saturated rings. The van der Waals surface area contributed by atoms with Gasteiger partial charge in [-0.3, -0.25) is 4.79 Å². The lowest BCUT2D eigenvalue weighted by molar-refractivity contribution is -0.151. The first-order valence-corrected chi connectivity index (χ1v) is 6.77. The maximum atomic E-state index is 13.0. The predicted molar refractivity (Wildman–Crippen MR) is 78.7 cm³/mol. The summed E-state index contributed by atoms with van der Waals surface area (Å²) in [6.45, 7) is 0. The molecule has 0 bridgehead atoms. The van der Waals surface area contributed by atoms with E-state index in [0.29, 0.717) is 17.5 Å². The van der Waals surface area contributed by atoms with E-state index in [2.05, 4.69) is 0 Å². The SMILES string of the molecule is O=C1C=CC[C@](C(=O)c2ccccc2)(c2ccccc2)O1. The number of rotatable bonds is 3. The quantitative estimate of drug-likeness (QED) is 0.639. The molecule has 1 heterocycles. The van der Waals surface area contributed by atoms with Crippen LogP contribution in [0, 0.1) is 0 Å². The molecule has 1 aliphatic rings. The Hall–Kier alpha value is -2.68. The van der Waals surface area contributed by atoms with Crippen LogP contribution >= 0.6 is 0 Å². The van der Waals surface area contributed by atoms with Gasteiger partial charge in [0.1, 0.15) is 0 Å². The van der Waals surface area contributed by atoms with E-state index in [-0.39, 0.29) is 5.78 Å². The minimum atomic E-state index is -1.27. The number of Topliss-reactive ketones (excluding diaryl/α,β-unsaturated/α-hetero) is 1. The van der Waals surface area contributed by atoms with Gasteiger partial charge in [-0.05, 0) is 0 Å². The topological polar surface area (TPSA) is 43.4 Å². The maximum absolute atomic E-state index is 13.0. The molecule has 0 saturated carbocycles. The zero-order valence-corrected chi connectivity index (χ0v) is 11.4. The summed E-state index contributed by atoms with van der Waals surface area (Å²) in [5, 5.41) is 0. The standard InChI is InChI=1S/C18H14O3/c19-16-12-7-13-18(21-16,15-10-5-2-6-11-15)17(20)14-8-3-1-4-9-14/h1-12H,13H2/t18-/m1/s1. The Morgan fingerprint density at radius 1 is 0.952 bits per heavy atom. The summed E-state index contributed by atoms with van der Waals surface area (Å²) in [4.78, 5) is 24.7. The van der Waals surface area contributed by atoms with E-state index in [1.54, 1.807) is 30.3 Å². The normalized spacial score (nSPS) is 20.9. The van der Waals surface area contributed by atoms with Crippen molar-refractivity contribution in [1.82, 2.24) is 0 Å². The number of esters is 1. The van der Waals surface area contributed by atoms with Gasteiger partial charge in [-0.15, -0.1) is 0 Å². The average molecular weight is 278 g/mol. The van der Waals surface area contributed by atoms with Crippen molar-refractivity contribution in [2.24, 2.45) is 0 Å². The molecule has 1 aliphatic heterocycles. The summed E-state index contributed by atoms with van der Waals surface area (Å²) in [5.74, 6) is -0.693. The Balaban J connectivity index is 2.12. The van der Waals surface area contributed by atoms with Gasteiger partial charge in [-0.2, -0.15) is 0 Å². The van der Waals surface area contributed by atoms with Crippen LogP contribution < -0.4 is 0 Å². The van der Waals surface area contributed by atoms with Crippen LogP contribution in [0.1, 0.15) is 22.3 Å². The molecule has 1 atom stereocenters. The van der Waals surface area contributed by atoms with Crippen molar-refractivity contribution in [2.75, 3.05) is 0 Å². The molecule has 0 radical (unpaired) electrons. The van der Waals surface area contributed by atoms with Crippen molar-refractivity contribution in [3.8, 4) is 0 Å². The molecule has 0 saturated heterocycles. The van der Waals surface area contributed by atoms with Gasteiger partial charge in [0.25, 0.3) is 0 Å². The minimum Gasteiger partial charge on any atom is -0.442 e. The Kier molecular flexibility index (Phi) is 3.40. The number of carbonyl (C=O) groups excluding carboxylic acids is 2. The second kappa shape index (κ2) is 5.37. The van der Waals surface area contributed by atoms with E-state index in [0.717, 1.165) is 0 Å². The fourth-order valence-corrected chi connectivity index (χ4v) is 2.55. The smallest absolute Gasteiger partial charge is 0.331 e. The number of hydrogen-bond donors (Lipinski definition) is 0. The summed E-state index contributed by atoms with van der Waals surface area (Å²) >= 11 is 0. The summed E-state index contributed by atoms with van der Waals surface area (Å²) < 4.78 is 5.50. The monoisotopic (exact) mass is 278 g/mol. The lowest BCUT2D eigenvalue weighted by atomic mass is 9.82. The number of ketones is 1. The summed E-state index contributed by atoms with van der Waals surface area (Å²) in [7, 11) is 0. The van der Waals surface area contributed by atoms with E-state index in [1.165, 1.54) is 6.08 Å². The molecule has 0 spiro atoms. The highest BCUT2D eigenvalue weighted by molar-refractivity contribution is 6.05. The molecule has 0 amide bonds. The Morgan fingerprint density at radius 2 is 1.57 bits per heavy atom. The molecule has 104 valence electrons. The van der Waals surface area contributed by atoms with Crippen molar-refractivity contribution in [3.05, 3.63) is 83.9 Å². The molecule has 2 aromatic rings. The van der Waals surface area contributed by atoms with Crippen molar-refractivity contribution < 1.29 is 14.3 Å². The van der Waals surface area contributed by atoms with E-state index in [4.69, 9.17) is 4.74 Å². The lowest BCUT2D eigenvalue weighted by Crippen LogP contribution is -2.41. The Morgan fingerprint density at radius 3 is 2.19 bits per heavy atom. The van der Waals surface area contributed by atoms with Gasteiger partial charge in [0.15, 0.2) is 0 Å². The molecule has 3 nitrogen and oxygen atoms in total. The largest absolute Gasteiger partial charge is 0.442 e. The number of carbonyl (C=O) groups is 2. The van der Waals surface area contributed by atoms with Crippen molar-refractivity contribution >= 4 is 11.8 Å². The Labute approximate surface area is 122 Å². The second-order valence-electron chi connectivity index (χ2n) is 4.92. The van der Waals surface area contributed by atoms with Gasteiger partial charge >= 0.3 is 5.97 Å². The predicted octanol–water partition coefficient (Wildman–Crippen LogP) is 3.27. The van der Waals surface area contributed by atoms with Crippen LogP contribution in [0.3, 0.4) is 0 Å². The first-order chi connectivity index (χ1) is 10.2. The Bertz CT molecular complexity index is 689. The zero-order valence-electron chi connectivity index (χ0n) is 11.4. The first kappa shape index (κ1) is 13.3. The number of benzene rings is 2. The van der Waals surface area contributed by atoms with Crippen LogP contribution in [0.5, 0.6) is 0 Å². The van der Waals surface area contributed by atoms with Gasteiger partial charge in [-0.1, -0.05) is 66.7 Å². The third kappa shape index (κ3) is 2.38. The maximum Gasteiger partial charge on any atom is 0.331 e. The lowest BCUT2D eigenvalue weighted by Gasteiger charge is -2.33. The molecule has 0 N–H and O–H groups in total. The first-order valence-electron chi connectivity index (χ1n) is 6.77. The van der Waals surface area contributed by atoms with Gasteiger partial charge in [-0.25, -0.2) is 4.79 Å². The van der Waals surface area contributed by atoms with Crippen LogP contribution in [0.15, 0.2) is 72.8 Å². The number of ether oxygens (including phenoxy) is 1. The van der Waals surface area contributed by atoms with E-state index in [9.17, 15) is 9.59 Å². The van der Waals surface area contributed by atoms with Crippen LogP contribution in [-0.4, -0.2) is 11.8 Å². The fraction of sp³-hybridized carbons (Fsp3) is 0.111. The van der Waals surface area contributed by atoms with Gasteiger partial charge < -0.3 is 4.74 Å². The minimum absolute atomic E-state index is 0.202. The van der Waals surface area contributed by atoms with Crippen molar-refractivity contribution in [3.63, 3.8) is 0 Å². The number of cyclic esters (lactones) is 1. The van der Waals surface area contributed by atoms with Crippen molar-refractivity contribution in [1.29, 1.82) is 0 Å². The molecule has 0 aromatic heterocycles. The van der Waals surface area contributed by atoms with Gasteiger partial charge in [0, 0.05) is 23.6 Å². The molecule has 3 heteroatoms. The molecule has 21 heavy (non-hydrogen) atoms. The number of hydrogen-bond acceptors (Lipinski definition) is 3. The summed E-state index contributed by atoms with van der Waals surface area (Å²) in [5.41, 5.74) is -0.0462. The molecule has 2 aromatic carbocycles. The summed E-state index contributed by atoms with van der Waals surface area (Å²) in [6.07, 6.45) is 3.40. The molecule has 3 rings (SSSR count). The third-order valence-electron chi connectivity index (χ3n) is 3.58. The molecular formula is C18H14O3. The highest BCUT2D eigenvalue weighted by Crippen LogP contribution is 2.36. The van der Waals surface area contributed by atoms with Crippen LogP contribution in [0.4, 0.5) is 0 Å². The second-order valence-corrected chi connectivity index (χ2v) is 4.92. The van der Waals surface area contributed by atoms with E-state index < -0.39 is 11.6 Å². The van der Waals surface area contributed by atoms with Crippen LogP contribution in [0.25, 0.3) is 0 Å². The molecule has 0 aliphatic carbocycles. The van der Waals surface area contributed by atoms with E-state index >= 15 is 0 Å². The highest BCUT2D eigenvalue weighted by Gasteiger charge is 2.44. The van der Waals surface area contributed by atoms with Gasteiger partial charge in [0.05, 0.1) is 0 Å². The van der Waals surface area contributed by atoms with Gasteiger partial charge in [0.2, 0.25) is 11.4 Å².